The van der Waals surface area contributed by atoms with Crippen molar-refractivity contribution >= 4 is 11.8 Å². The maximum atomic E-state index is 12.4. The van der Waals surface area contributed by atoms with Crippen LogP contribution in [0.3, 0.4) is 0 Å². The zero-order valence-electron chi connectivity index (χ0n) is 11.1. The zero-order chi connectivity index (χ0) is 13.4. The number of carbonyl (C=O) groups excluding carboxylic acids is 2. The molecule has 6 heteroatoms. The number of nitrogens with two attached hydrogens (primary N) is 1. The maximum Gasteiger partial charge on any atom is 0.251 e. The number of ether oxygens (including phenoxy) is 1. The molecule has 0 aromatic carbocycles. The molecule has 3 aliphatic heterocycles. The normalized spacial score (nSPS) is 34.8. The highest BCUT2D eigenvalue weighted by molar-refractivity contribution is 5.83. The van der Waals surface area contributed by atoms with Gasteiger partial charge < -0.3 is 20.3 Å². The van der Waals surface area contributed by atoms with Gasteiger partial charge in [-0.1, -0.05) is 0 Å². The standard InChI is InChI=1S/C13H21N3O3/c14-7-10-2-3-11(19-10)13(18)15-5-6-16-9(8-15)1-4-12(16)17/h9-11H,1-8,14H2. The molecule has 0 bridgehead atoms. The Morgan fingerprint density at radius 3 is 2.89 bits per heavy atom. The van der Waals surface area contributed by atoms with Crippen LogP contribution in [0.15, 0.2) is 0 Å². The van der Waals surface area contributed by atoms with Gasteiger partial charge in [-0.2, -0.15) is 0 Å². The number of rotatable bonds is 2. The van der Waals surface area contributed by atoms with E-state index in [1.165, 1.54) is 0 Å². The van der Waals surface area contributed by atoms with Crippen molar-refractivity contribution in [1.82, 2.24) is 9.80 Å². The van der Waals surface area contributed by atoms with Crippen molar-refractivity contribution in [2.45, 2.75) is 43.9 Å². The molecule has 0 saturated carbocycles. The van der Waals surface area contributed by atoms with Gasteiger partial charge in [-0.15, -0.1) is 0 Å². The molecule has 2 amide bonds. The van der Waals surface area contributed by atoms with Crippen LogP contribution in [0.25, 0.3) is 0 Å². The summed E-state index contributed by atoms with van der Waals surface area (Å²) in [5.41, 5.74) is 5.57. The molecule has 3 unspecified atom stereocenters. The summed E-state index contributed by atoms with van der Waals surface area (Å²) >= 11 is 0. The second-order valence-electron chi connectivity index (χ2n) is 5.62. The fourth-order valence-corrected chi connectivity index (χ4v) is 3.33. The molecule has 0 aliphatic carbocycles. The van der Waals surface area contributed by atoms with E-state index in [0.717, 1.165) is 19.3 Å². The summed E-state index contributed by atoms with van der Waals surface area (Å²) < 4.78 is 5.66. The third kappa shape index (κ3) is 2.34. The van der Waals surface area contributed by atoms with Gasteiger partial charge in [0.2, 0.25) is 5.91 Å². The Kier molecular flexibility index (Phi) is 3.45. The van der Waals surface area contributed by atoms with Crippen molar-refractivity contribution in [3.8, 4) is 0 Å². The molecule has 3 heterocycles. The first kappa shape index (κ1) is 12.9. The average Bonchev–Trinajstić information content (AvgIpc) is 3.05. The molecule has 19 heavy (non-hydrogen) atoms. The first-order valence-electron chi connectivity index (χ1n) is 7.13. The van der Waals surface area contributed by atoms with Gasteiger partial charge >= 0.3 is 0 Å². The zero-order valence-corrected chi connectivity index (χ0v) is 11.1. The Hall–Kier alpha value is -1.14. The molecule has 3 saturated heterocycles. The third-order valence-corrected chi connectivity index (χ3v) is 4.45. The van der Waals surface area contributed by atoms with E-state index in [2.05, 4.69) is 0 Å². The highest BCUT2D eigenvalue weighted by Gasteiger charge is 2.40. The summed E-state index contributed by atoms with van der Waals surface area (Å²) in [5.74, 6) is 0.312. The van der Waals surface area contributed by atoms with Crippen molar-refractivity contribution in [2.75, 3.05) is 26.2 Å². The summed E-state index contributed by atoms with van der Waals surface area (Å²) in [4.78, 5) is 27.8. The molecule has 3 rings (SSSR count). The minimum Gasteiger partial charge on any atom is -0.364 e. The van der Waals surface area contributed by atoms with Crippen molar-refractivity contribution in [3.63, 3.8) is 0 Å². The fraction of sp³-hybridized carbons (Fsp3) is 0.846. The van der Waals surface area contributed by atoms with E-state index in [1.54, 1.807) is 0 Å². The molecule has 0 aromatic rings. The molecule has 0 aromatic heterocycles. The van der Waals surface area contributed by atoms with Crippen LogP contribution in [-0.2, 0) is 14.3 Å². The van der Waals surface area contributed by atoms with Crippen LogP contribution in [0.2, 0.25) is 0 Å². The number of fused-ring (bicyclic) bond motifs is 1. The molecule has 3 fully saturated rings. The van der Waals surface area contributed by atoms with E-state index in [0.29, 0.717) is 32.6 Å². The lowest BCUT2D eigenvalue weighted by atomic mass is 10.1. The first-order valence-corrected chi connectivity index (χ1v) is 7.13. The number of hydrogen-bond acceptors (Lipinski definition) is 4. The monoisotopic (exact) mass is 267 g/mol. The first-order chi connectivity index (χ1) is 9.19. The summed E-state index contributed by atoms with van der Waals surface area (Å²) in [6, 6.07) is 0.219. The third-order valence-electron chi connectivity index (χ3n) is 4.45. The predicted molar refractivity (Wildman–Crippen MR) is 68.3 cm³/mol. The van der Waals surface area contributed by atoms with Crippen molar-refractivity contribution in [3.05, 3.63) is 0 Å². The topological polar surface area (TPSA) is 75.9 Å². The van der Waals surface area contributed by atoms with Crippen LogP contribution < -0.4 is 5.73 Å². The lowest BCUT2D eigenvalue weighted by molar-refractivity contribution is -0.147. The van der Waals surface area contributed by atoms with E-state index < -0.39 is 0 Å². The number of hydrogen-bond donors (Lipinski definition) is 1. The number of piperazine rings is 1. The van der Waals surface area contributed by atoms with Gasteiger partial charge in [0.25, 0.3) is 5.91 Å². The SMILES string of the molecule is NCC1CCC(C(=O)N2CCN3C(=O)CCC3C2)O1. The molecule has 2 N–H and O–H groups in total. The minimum absolute atomic E-state index is 0.0308. The predicted octanol–water partition coefficient (Wildman–Crippen LogP) is -0.674. The van der Waals surface area contributed by atoms with E-state index in [9.17, 15) is 9.59 Å². The molecule has 3 atom stereocenters. The molecule has 0 radical (unpaired) electrons. The number of amides is 2. The van der Waals surface area contributed by atoms with Crippen molar-refractivity contribution in [2.24, 2.45) is 5.73 Å². The van der Waals surface area contributed by atoms with Gasteiger partial charge in [0.05, 0.1) is 6.10 Å². The highest BCUT2D eigenvalue weighted by Crippen LogP contribution is 2.26. The Bertz CT molecular complexity index is 387. The van der Waals surface area contributed by atoms with Crippen LogP contribution in [0, 0.1) is 0 Å². The van der Waals surface area contributed by atoms with Crippen molar-refractivity contribution in [1.29, 1.82) is 0 Å². The van der Waals surface area contributed by atoms with Crippen LogP contribution in [0.4, 0.5) is 0 Å². The van der Waals surface area contributed by atoms with Gasteiger partial charge in [0, 0.05) is 38.6 Å². The molecular formula is C13H21N3O3. The molecule has 0 spiro atoms. The molecule has 6 nitrogen and oxygen atoms in total. The van der Waals surface area contributed by atoms with Crippen LogP contribution in [-0.4, -0.2) is 66.0 Å². The van der Waals surface area contributed by atoms with E-state index in [-0.39, 0.29) is 30.1 Å². The lowest BCUT2D eigenvalue weighted by Crippen LogP contribution is -2.55. The Morgan fingerprint density at radius 1 is 1.32 bits per heavy atom. The molecule has 106 valence electrons. The Balaban J connectivity index is 1.58. The molecule has 3 aliphatic rings. The number of carbonyl (C=O) groups is 2. The van der Waals surface area contributed by atoms with Crippen molar-refractivity contribution < 1.29 is 14.3 Å². The van der Waals surface area contributed by atoms with E-state index >= 15 is 0 Å². The second-order valence-corrected chi connectivity index (χ2v) is 5.62. The largest absolute Gasteiger partial charge is 0.364 e. The summed E-state index contributed by atoms with van der Waals surface area (Å²) in [6.45, 7) is 2.45. The smallest absolute Gasteiger partial charge is 0.251 e. The van der Waals surface area contributed by atoms with Crippen LogP contribution >= 0.6 is 0 Å². The van der Waals surface area contributed by atoms with Gasteiger partial charge in [-0.05, 0) is 19.3 Å². The van der Waals surface area contributed by atoms with Crippen LogP contribution in [0.5, 0.6) is 0 Å². The summed E-state index contributed by atoms with van der Waals surface area (Å²) in [5, 5.41) is 0. The van der Waals surface area contributed by atoms with Gasteiger partial charge in [-0.3, -0.25) is 9.59 Å². The summed E-state index contributed by atoms with van der Waals surface area (Å²) in [6.07, 6.45) is 2.85. The minimum atomic E-state index is -0.322. The quantitative estimate of drug-likeness (QED) is 0.719. The highest BCUT2D eigenvalue weighted by atomic mass is 16.5. The lowest BCUT2D eigenvalue weighted by Gasteiger charge is -2.38. The Morgan fingerprint density at radius 2 is 2.16 bits per heavy atom. The van der Waals surface area contributed by atoms with Gasteiger partial charge in [-0.25, -0.2) is 0 Å². The van der Waals surface area contributed by atoms with E-state index in [1.807, 2.05) is 9.80 Å². The maximum absolute atomic E-state index is 12.4. The van der Waals surface area contributed by atoms with E-state index in [4.69, 9.17) is 10.5 Å². The number of nitrogens with zero attached hydrogens (tertiary/aromatic N) is 2. The second kappa shape index (κ2) is 5.09. The Labute approximate surface area is 112 Å². The van der Waals surface area contributed by atoms with Crippen LogP contribution in [0.1, 0.15) is 25.7 Å². The average molecular weight is 267 g/mol. The summed E-state index contributed by atoms with van der Waals surface area (Å²) in [7, 11) is 0. The van der Waals surface area contributed by atoms with Gasteiger partial charge in [0.1, 0.15) is 6.10 Å². The van der Waals surface area contributed by atoms with Gasteiger partial charge in [0.15, 0.2) is 0 Å². The fourth-order valence-electron chi connectivity index (χ4n) is 3.33. The molecular weight excluding hydrogens is 246 g/mol.